The molecule has 0 aliphatic heterocycles. The van der Waals surface area contributed by atoms with Crippen LogP contribution in [0.3, 0.4) is 0 Å². The number of fused-ring (bicyclic) bond motifs is 1. The third-order valence-electron chi connectivity index (χ3n) is 2.00. The second kappa shape index (κ2) is 3.77. The van der Waals surface area contributed by atoms with E-state index in [4.69, 9.17) is 14.9 Å². The molecule has 0 saturated heterocycles. The van der Waals surface area contributed by atoms with Gasteiger partial charge in [0, 0.05) is 13.7 Å². The minimum atomic E-state index is 0.395. The van der Waals surface area contributed by atoms with Crippen LogP contribution in [0.15, 0.2) is 22.6 Å². The van der Waals surface area contributed by atoms with Crippen molar-refractivity contribution in [1.82, 2.24) is 4.98 Å². The maximum absolute atomic E-state index is 5.52. The van der Waals surface area contributed by atoms with E-state index in [0.717, 1.165) is 16.7 Å². The third-order valence-corrected chi connectivity index (χ3v) is 2.00. The zero-order valence-electron chi connectivity index (χ0n) is 7.99. The van der Waals surface area contributed by atoms with Gasteiger partial charge in [-0.15, -0.1) is 0 Å². The summed E-state index contributed by atoms with van der Waals surface area (Å²) < 4.78 is 10.4. The fourth-order valence-electron chi connectivity index (χ4n) is 1.33. The minimum Gasteiger partial charge on any atom is -0.438 e. The number of rotatable bonds is 3. The van der Waals surface area contributed by atoms with Crippen molar-refractivity contribution in [3.05, 3.63) is 29.7 Å². The largest absolute Gasteiger partial charge is 0.438 e. The average molecular weight is 192 g/mol. The molecule has 0 atom stereocenters. The number of nitrogens with two attached hydrogens (primary N) is 1. The monoisotopic (exact) mass is 192 g/mol. The average Bonchev–Trinajstić information content (AvgIpc) is 2.59. The standard InChI is InChI=1S/C10H12N2O2/c1-13-6-10-12-8-3-2-7(5-11)4-9(8)14-10/h2-4H,5-6,11H2,1H3. The molecule has 0 spiro atoms. The first-order valence-corrected chi connectivity index (χ1v) is 4.41. The van der Waals surface area contributed by atoms with E-state index in [2.05, 4.69) is 4.98 Å². The van der Waals surface area contributed by atoms with Gasteiger partial charge in [0.25, 0.3) is 0 Å². The zero-order chi connectivity index (χ0) is 9.97. The van der Waals surface area contributed by atoms with Crippen LogP contribution in [-0.2, 0) is 17.9 Å². The van der Waals surface area contributed by atoms with Gasteiger partial charge in [-0.2, -0.15) is 0 Å². The smallest absolute Gasteiger partial charge is 0.221 e. The van der Waals surface area contributed by atoms with Crippen molar-refractivity contribution in [3.8, 4) is 0 Å². The van der Waals surface area contributed by atoms with Crippen LogP contribution in [0.5, 0.6) is 0 Å². The number of nitrogens with zero attached hydrogens (tertiary/aromatic N) is 1. The summed E-state index contributed by atoms with van der Waals surface area (Å²) >= 11 is 0. The molecule has 1 heterocycles. The molecule has 0 amide bonds. The summed E-state index contributed by atoms with van der Waals surface area (Å²) in [7, 11) is 1.61. The molecule has 4 heteroatoms. The van der Waals surface area contributed by atoms with E-state index < -0.39 is 0 Å². The Morgan fingerprint density at radius 1 is 1.50 bits per heavy atom. The van der Waals surface area contributed by atoms with Crippen molar-refractivity contribution < 1.29 is 9.15 Å². The number of hydrogen-bond donors (Lipinski definition) is 1. The van der Waals surface area contributed by atoms with Gasteiger partial charge in [-0.25, -0.2) is 4.98 Å². The first kappa shape index (κ1) is 9.18. The van der Waals surface area contributed by atoms with E-state index in [1.54, 1.807) is 7.11 Å². The van der Waals surface area contributed by atoms with Gasteiger partial charge in [-0.3, -0.25) is 0 Å². The van der Waals surface area contributed by atoms with Crippen LogP contribution in [-0.4, -0.2) is 12.1 Å². The van der Waals surface area contributed by atoms with Crippen LogP contribution < -0.4 is 5.73 Å². The molecule has 4 nitrogen and oxygen atoms in total. The highest BCUT2D eigenvalue weighted by Gasteiger charge is 2.05. The lowest BCUT2D eigenvalue weighted by atomic mass is 10.2. The summed E-state index contributed by atoms with van der Waals surface area (Å²) in [6.45, 7) is 0.906. The summed E-state index contributed by atoms with van der Waals surface area (Å²) in [6, 6.07) is 5.75. The molecule has 74 valence electrons. The van der Waals surface area contributed by atoms with Crippen LogP contribution in [0.4, 0.5) is 0 Å². The van der Waals surface area contributed by atoms with Crippen molar-refractivity contribution >= 4 is 11.1 Å². The van der Waals surface area contributed by atoms with Crippen molar-refractivity contribution in [2.75, 3.05) is 7.11 Å². The van der Waals surface area contributed by atoms with Crippen molar-refractivity contribution in [3.63, 3.8) is 0 Å². The van der Waals surface area contributed by atoms with Gasteiger partial charge in [0.1, 0.15) is 12.1 Å². The molecule has 0 aliphatic carbocycles. The second-order valence-corrected chi connectivity index (χ2v) is 3.05. The number of aromatic nitrogens is 1. The highest BCUT2D eigenvalue weighted by molar-refractivity contribution is 5.73. The Labute approximate surface area is 81.7 Å². The van der Waals surface area contributed by atoms with Crippen LogP contribution in [0.1, 0.15) is 11.5 Å². The molecule has 1 aromatic heterocycles. The quantitative estimate of drug-likeness (QED) is 0.799. The molecular weight excluding hydrogens is 180 g/mol. The van der Waals surface area contributed by atoms with E-state index in [1.165, 1.54) is 0 Å². The van der Waals surface area contributed by atoms with Crippen molar-refractivity contribution in [2.24, 2.45) is 5.73 Å². The van der Waals surface area contributed by atoms with E-state index in [0.29, 0.717) is 19.0 Å². The SMILES string of the molecule is COCc1nc2ccc(CN)cc2o1. The van der Waals surface area contributed by atoms with Crippen molar-refractivity contribution in [2.45, 2.75) is 13.2 Å². The van der Waals surface area contributed by atoms with Gasteiger partial charge in [0.2, 0.25) is 5.89 Å². The molecule has 0 bridgehead atoms. The molecule has 0 saturated carbocycles. The van der Waals surface area contributed by atoms with Gasteiger partial charge < -0.3 is 14.9 Å². The molecule has 0 fully saturated rings. The predicted octanol–water partition coefficient (Wildman–Crippen LogP) is 1.43. The van der Waals surface area contributed by atoms with Gasteiger partial charge >= 0.3 is 0 Å². The highest BCUT2D eigenvalue weighted by atomic mass is 16.5. The summed E-state index contributed by atoms with van der Waals surface area (Å²) in [6.07, 6.45) is 0. The Balaban J connectivity index is 2.43. The zero-order valence-corrected chi connectivity index (χ0v) is 7.99. The molecule has 2 N–H and O–H groups in total. The number of benzene rings is 1. The summed E-state index contributed by atoms with van der Waals surface area (Å²) in [5.41, 5.74) is 8.16. The summed E-state index contributed by atoms with van der Waals surface area (Å²) in [5.74, 6) is 0.594. The van der Waals surface area contributed by atoms with E-state index in [1.807, 2.05) is 18.2 Å². The number of oxazole rings is 1. The Kier molecular flexibility index (Phi) is 2.47. The lowest BCUT2D eigenvalue weighted by Crippen LogP contribution is -1.94. The highest BCUT2D eigenvalue weighted by Crippen LogP contribution is 2.17. The lowest BCUT2D eigenvalue weighted by Gasteiger charge is -1.93. The Morgan fingerprint density at radius 2 is 2.36 bits per heavy atom. The normalized spacial score (nSPS) is 11.0. The van der Waals surface area contributed by atoms with Gasteiger partial charge in [-0.1, -0.05) is 6.07 Å². The predicted molar refractivity (Wildman–Crippen MR) is 52.6 cm³/mol. The second-order valence-electron chi connectivity index (χ2n) is 3.05. The van der Waals surface area contributed by atoms with Crippen LogP contribution in [0.2, 0.25) is 0 Å². The molecule has 2 aromatic rings. The molecule has 0 unspecified atom stereocenters. The molecular formula is C10H12N2O2. The van der Waals surface area contributed by atoms with E-state index >= 15 is 0 Å². The molecule has 0 radical (unpaired) electrons. The summed E-state index contributed by atoms with van der Waals surface area (Å²) in [4.78, 5) is 4.25. The number of methoxy groups -OCH3 is 1. The number of hydrogen-bond acceptors (Lipinski definition) is 4. The van der Waals surface area contributed by atoms with Gasteiger partial charge in [0.05, 0.1) is 0 Å². The van der Waals surface area contributed by atoms with E-state index in [9.17, 15) is 0 Å². The Bertz CT molecular complexity index is 437. The number of ether oxygens (including phenoxy) is 1. The van der Waals surface area contributed by atoms with E-state index in [-0.39, 0.29) is 0 Å². The first-order chi connectivity index (χ1) is 6.83. The lowest BCUT2D eigenvalue weighted by molar-refractivity contribution is 0.161. The topological polar surface area (TPSA) is 61.3 Å². The summed E-state index contributed by atoms with van der Waals surface area (Å²) in [5, 5.41) is 0. The fourth-order valence-corrected chi connectivity index (χ4v) is 1.33. The van der Waals surface area contributed by atoms with Crippen LogP contribution in [0, 0.1) is 0 Å². The Morgan fingerprint density at radius 3 is 3.07 bits per heavy atom. The van der Waals surface area contributed by atoms with Gasteiger partial charge in [-0.05, 0) is 17.7 Å². The molecule has 14 heavy (non-hydrogen) atoms. The third kappa shape index (κ3) is 1.62. The van der Waals surface area contributed by atoms with Crippen molar-refractivity contribution in [1.29, 1.82) is 0 Å². The maximum atomic E-state index is 5.52. The fraction of sp³-hybridized carbons (Fsp3) is 0.300. The maximum Gasteiger partial charge on any atom is 0.221 e. The first-order valence-electron chi connectivity index (χ1n) is 4.41. The molecule has 2 rings (SSSR count). The van der Waals surface area contributed by atoms with Gasteiger partial charge in [0.15, 0.2) is 5.58 Å². The molecule has 0 aliphatic rings. The minimum absolute atomic E-state index is 0.395. The Hall–Kier alpha value is -1.39. The van der Waals surface area contributed by atoms with Crippen LogP contribution >= 0.6 is 0 Å². The van der Waals surface area contributed by atoms with Crippen LogP contribution in [0.25, 0.3) is 11.1 Å². The molecule has 1 aromatic carbocycles.